The van der Waals surface area contributed by atoms with Gasteiger partial charge in [0.15, 0.2) is 0 Å². The van der Waals surface area contributed by atoms with E-state index >= 15 is 0 Å². The first-order valence-corrected chi connectivity index (χ1v) is 13.3. The van der Waals surface area contributed by atoms with Gasteiger partial charge in [0, 0.05) is 47.4 Å². The van der Waals surface area contributed by atoms with Crippen LogP contribution in [0.1, 0.15) is 18.9 Å². The van der Waals surface area contributed by atoms with E-state index in [9.17, 15) is 14.4 Å². The fourth-order valence-corrected chi connectivity index (χ4v) is 4.33. The Morgan fingerprint density at radius 2 is 1.71 bits per heavy atom. The first-order valence-electron chi connectivity index (χ1n) is 12.1. The Labute approximate surface area is 245 Å². The number of benzene rings is 2. The van der Waals surface area contributed by atoms with Crippen LogP contribution in [0.3, 0.4) is 0 Å². The molecule has 0 unspecified atom stereocenters. The normalized spacial score (nSPS) is 15.0. The SMILES string of the molecule is CC(=O)N1CC(=S)C[C@H]1C(=O)O.COSc1ccc(Oc2nccc(Oc3ccc(C[C@H](N)C(=O)O)cc3)n2)cc1. The van der Waals surface area contributed by atoms with Gasteiger partial charge in [-0.2, -0.15) is 4.98 Å². The van der Waals surface area contributed by atoms with Crippen molar-refractivity contribution in [1.29, 1.82) is 0 Å². The fourth-order valence-electron chi connectivity index (χ4n) is 3.59. The summed E-state index contributed by atoms with van der Waals surface area (Å²) in [4.78, 5) is 43.5. The molecule has 3 aromatic rings. The van der Waals surface area contributed by atoms with Crippen LogP contribution in [-0.4, -0.2) is 73.5 Å². The number of rotatable bonds is 10. The summed E-state index contributed by atoms with van der Waals surface area (Å²) in [5, 5.41) is 17.6. The van der Waals surface area contributed by atoms with Crippen LogP contribution in [0.5, 0.6) is 23.4 Å². The fraction of sp³-hybridized carbons (Fsp3) is 0.259. The molecule has 1 aliphatic heterocycles. The van der Waals surface area contributed by atoms with Gasteiger partial charge in [0.2, 0.25) is 11.8 Å². The van der Waals surface area contributed by atoms with Crippen molar-refractivity contribution < 1.29 is 38.3 Å². The molecule has 0 spiro atoms. The minimum atomic E-state index is -1.04. The third-order valence-corrected chi connectivity index (χ3v) is 6.50. The van der Waals surface area contributed by atoms with Crippen molar-refractivity contribution in [3.05, 3.63) is 66.4 Å². The minimum Gasteiger partial charge on any atom is -0.480 e. The predicted molar refractivity (Wildman–Crippen MR) is 153 cm³/mol. The molecule has 14 heteroatoms. The minimum absolute atomic E-state index is 0.152. The van der Waals surface area contributed by atoms with Gasteiger partial charge in [-0.25, -0.2) is 9.78 Å². The van der Waals surface area contributed by atoms with Crippen LogP contribution in [-0.2, 0) is 25.0 Å². The van der Waals surface area contributed by atoms with Crippen molar-refractivity contribution in [2.45, 2.75) is 36.7 Å². The van der Waals surface area contributed by atoms with Gasteiger partial charge in [-0.3, -0.25) is 9.59 Å². The van der Waals surface area contributed by atoms with Gasteiger partial charge >= 0.3 is 17.9 Å². The van der Waals surface area contributed by atoms with Crippen LogP contribution in [0, 0.1) is 0 Å². The van der Waals surface area contributed by atoms with Gasteiger partial charge < -0.3 is 34.5 Å². The number of carbonyl (C=O) groups excluding carboxylic acids is 1. The quantitative estimate of drug-likeness (QED) is 0.227. The van der Waals surface area contributed by atoms with E-state index < -0.39 is 24.0 Å². The van der Waals surface area contributed by atoms with Gasteiger partial charge in [-0.1, -0.05) is 24.4 Å². The van der Waals surface area contributed by atoms with E-state index in [2.05, 4.69) is 9.97 Å². The summed E-state index contributed by atoms with van der Waals surface area (Å²) in [6, 6.07) is 14.4. The number of carboxylic acid groups (broad SMARTS) is 2. The van der Waals surface area contributed by atoms with Crippen LogP contribution in [0.2, 0.25) is 0 Å². The van der Waals surface area contributed by atoms with Crippen LogP contribution >= 0.6 is 24.3 Å². The molecular weight excluding hydrogens is 572 g/mol. The lowest BCUT2D eigenvalue weighted by Crippen LogP contribution is -2.39. The number of ether oxygens (including phenoxy) is 2. The zero-order valence-electron chi connectivity index (χ0n) is 22.1. The number of thiocarbonyl (C=S) groups is 1. The summed E-state index contributed by atoms with van der Waals surface area (Å²) < 4.78 is 16.4. The maximum Gasteiger partial charge on any atom is 0.326 e. The molecule has 2 heterocycles. The molecule has 216 valence electrons. The van der Waals surface area contributed by atoms with Crippen molar-refractivity contribution in [1.82, 2.24) is 14.9 Å². The molecule has 0 bridgehead atoms. The van der Waals surface area contributed by atoms with Crippen LogP contribution in [0.15, 0.2) is 65.7 Å². The van der Waals surface area contributed by atoms with E-state index in [-0.39, 0.29) is 18.3 Å². The highest BCUT2D eigenvalue weighted by Gasteiger charge is 2.35. The lowest BCUT2D eigenvalue weighted by Gasteiger charge is -2.18. The van der Waals surface area contributed by atoms with E-state index in [1.165, 1.54) is 30.1 Å². The summed E-state index contributed by atoms with van der Waals surface area (Å²) in [7, 11) is 1.60. The maximum absolute atomic E-state index is 10.9. The zero-order chi connectivity index (χ0) is 29.9. The highest BCUT2D eigenvalue weighted by atomic mass is 32.2. The number of carboxylic acids is 2. The molecule has 1 aliphatic rings. The Hall–Kier alpha value is -4.11. The highest BCUT2D eigenvalue weighted by Crippen LogP contribution is 2.26. The number of likely N-dealkylation sites (tertiary alicyclic amines) is 1. The molecule has 0 aliphatic carbocycles. The van der Waals surface area contributed by atoms with Gasteiger partial charge in [-0.15, -0.1) is 0 Å². The molecule has 0 saturated carbocycles. The van der Waals surface area contributed by atoms with Gasteiger partial charge in [0.25, 0.3) is 0 Å². The molecule has 1 aromatic heterocycles. The van der Waals surface area contributed by atoms with E-state index in [0.717, 1.165) is 10.5 Å². The molecule has 2 atom stereocenters. The van der Waals surface area contributed by atoms with E-state index in [1.807, 2.05) is 12.1 Å². The first-order chi connectivity index (χ1) is 19.5. The highest BCUT2D eigenvalue weighted by molar-refractivity contribution is 7.94. The van der Waals surface area contributed by atoms with Gasteiger partial charge in [0.05, 0.1) is 13.7 Å². The number of hydrogen-bond acceptors (Lipinski definition) is 11. The molecule has 1 amide bonds. The summed E-state index contributed by atoms with van der Waals surface area (Å²) in [5.41, 5.74) is 6.34. The average molecular weight is 601 g/mol. The molecule has 0 radical (unpaired) electrons. The number of hydrogen-bond donors (Lipinski definition) is 3. The van der Waals surface area contributed by atoms with Crippen molar-refractivity contribution in [3.63, 3.8) is 0 Å². The molecular formula is C27H28N4O8S2. The smallest absolute Gasteiger partial charge is 0.326 e. The Bertz CT molecular complexity index is 1350. The Kier molecular flexibility index (Phi) is 11.5. The van der Waals surface area contributed by atoms with Gasteiger partial charge in [0.1, 0.15) is 23.6 Å². The summed E-state index contributed by atoms with van der Waals surface area (Å²) in [6.45, 7) is 1.66. The standard InChI is InChI=1S/C20H19N3O5S.C7H9NO3S/c1-26-29-16-8-6-15(7-9-16)28-20-22-11-10-18(23-20)27-14-4-2-13(3-5-14)12-17(21)19(24)25;1-4(9)8-3-5(12)2-6(8)7(10)11/h2-11,17H,12,21H2,1H3,(H,24,25);6H,2-3H2,1H3,(H,10,11)/t17-;6-/m00/s1. The average Bonchev–Trinajstić information content (AvgIpc) is 3.34. The molecule has 4 N–H and O–H groups in total. The lowest BCUT2D eigenvalue weighted by molar-refractivity contribution is -0.147. The van der Waals surface area contributed by atoms with E-state index in [0.29, 0.717) is 35.2 Å². The third-order valence-electron chi connectivity index (χ3n) is 5.57. The molecule has 41 heavy (non-hydrogen) atoms. The second kappa shape index (κ2) is 15.0. The van der Waals surface area contributed by atoms with Crippen molar-refractivity contribution >= 4 is 47.0 Å². The number of aromatic nitrogens is 2. The van der Waals surface area contributed by atoms with Crippen LogP contribution in [0.4, 0.5) is 0 Å². The van der Waals surface area contributed by atoms with Gasteiger partial charge in [-0.05, 0) is 48.4 Å². The number of nitrogens with two attached hydrogens (primary N) is 1. The van der Waals surface area contributed by atoms with Crippen LogP contribution < -0.4 is 15.2 Å². The summed E-state index contributed by atoms with van der Waals surface area (Å²) >= 11 is 6.11. The van der Waals surface area contributed by atoms with Crippen molar-refractivity contribution in [3.8, 4) is 23.4 Å². The molecule has 12 nitrogen and oxygen atoms in total. The largest absolute Gasteiger partial charge is 0.480 e. The number of aliphatic carboxylic acids is 2. The number of carbonyl (C=O) groups is 3. The Balaban J connectivity index is 0.000000322. The predicted octanol–water partition coefficient (Wildman–Crippen LogP) is 3.73. The van der Waals surface area contributed by atoms with Crippen LogP contribution in [0.25, 0.3) is 0 Å². The summed E-state index contributed by atoms with van der Waals surface area (Å²) in [5.74, 6) is -0.806. The lowest BCUT2D eigenvalue weighted by atomic mass is 10.1. The van der Waals surface area contributed by atoms with E-state index in [1.54, 1.807) is 49.6 Å². The molecule has 4 rings (SSSR count). The van der Waals surface area contributed by atoms with Crippen molar-refractivity contribution in [2.75, 3.05) is 13.7 Å². The number of nitrogens with zero attached hydrogens (tertiary/aromatic N) is 3. The maximum atomic E-state index is 10.9. The second-order valence-electron chi connectivity index (χ2n) is 8.64. The molecule has 1 fully saturated rings. The first kappa shape index (κ1) is 31.4. The third kappa shape index (κ3) is 9.79. The Morgan fingerprint density at radius 3 is 2.27 bits per heavy atom. The zero-order valence-corrected chi connectivity index (χ0v) is 23.8. The molecule has 1 saturated heterocycles. The summed E-state index contributed by atoms with van der Waals surface area (Å²) in [6.07, 6.45) is 2.08. The van der Waals surface area contributed by atoms with E-state index in [4.69, 9.17) is 41.8 Å². The topological polar surface area (TPSA) is 174 Å². The van der Waals surface area contributed by atoms with Crippen molar-refractivity contribution in [2.24, 2.45) is 5.73 Å². The molecule has 2 aromatic carbocycles. The second-order valence-corrected chi connectivity index (χ2v) is 10.2. The Morgan fingerprint density at radius 1 is 1.07 bits per heavy atom. The monoisotopic (exact) mass is 600 g/mol. The number of amides is 1.